The number of thiazole rings is 1. The molecule has 1 aliphatic rings. The fraction of sp³-hybridized carbons (Fsp3) is 0.786. The van der Waals surface area contributed by atoms with E-state index in [-0.39, 0.29) is 0 Å². The summed E-state index contributed by atoms with van der Waals surface area (Å²) in [6, 6.07) is 0. The van der Waals surface area contributed by atoms with Gasteiger partial charge < -0.3 is 0 Å². The van der Waals surface area contributed by atoms with Crippen LogP contribution in [0.15, 0.2) is 5.38 Å². The van der Waals surface area contributed by atoms with Crippen LogP contribution < -0.4 is 0 Å². The van der Waals surface area contributed by atoms with Gasteiger partial charge in [0.05, 0.1) is 10.7 Å². The summed E-state index contributed by atoms with van der Waals surface area (Å²) < 4.78 is 0. The SMILES string of the molecule is CCC1CCCC(c2nc(CCCCl)cs2)C1. The van der Waals surface area contributed by atoms with Crippen LogP contribution in [-0.2, 0) is 6.42 Å². The average molecular weight is 272 g/mol. The van der Waals surface area contributed by atoms with Crippen molar-refractivity contribution in [1.29, 1.82) is 0 Å². The maximum atomic E-state index is 5.72. The molecule has 0 saturated heterocycles. The predicted octanol–water partition coefficient (Wildman–Crippen LogP) is 5.00. The Morgan fingerprint density at radius 1 is 1.47 bits per heavy atom. The van der Waals surface area contributed by atoms with E-state index in [0.29, 0.717) is 0 Å². The first kappa shape index (κ1) is 13.4. The molecule has 0 N–H and O–H groups in total. The van der Waals surface area contributed by atoms with Gasteiger partial charge >= 0.3 is 0 Å². The van der Waals surface area contributed by atoms with Crippen LogP contribution in [0.1, 0.15) is 62.1 Å². The van der Waals surface area contributed by atoms with Crippen LogP contribution >= 0.6 is 22.9 Å². The van der Waals surface area contributed by atoms with E-state index in [1.807, 2.05) is 11.3 Å². The van der Waals surface area contributed by atoms with Crippen LogP contribution in [0.2, 0.25) is 0 Å². The zero-order valence-electron chi connectivity index (χ0n) is 10.6. The van der Waals surface area contributed by atoms with E-state index >= 15 is 0 Å². The maximum absolute atomic E-state index is 5.72. The fourth-order valence-corrected chi connectivity index (χ4v) is 3.90. The van der Waals surface area contributed by atoms with Crippen LogP contribution in [0.5, 0.6) is 0 Å². The molecule has 0 amide bonds. The van der Waals surface area contributed by atoms with E-state index in [1.54, 1.807) is 0 Å². The Balaban J connectivity index is 1.94. The molecule has 1 fully saturated rings. The monoisotopic (exact) mass is 271 g/mol. The number of aromatic nitrogens is 1. The van der Waals surface area contributed by atoms with E-state index < -0.39 is 0 Å². The van der Waals surface area contributed by atoms with Gasteiger partial charge in [-0.1, -0.05) is 26.2 Å². The van der Waals surface area contributed by atoms with Gasteiger partial charge in [-0.3, -0.25) is 0 Å². The van der Waals surface area contributed by atoms with Crippen molar-refractivity contribution in [3.63, 3.8) is 0 Å². The summed E-state index contributed by atoms with van der Waals surface area (Å²) in [5.74, 6) is 2.42. The van der Waals surface area contributed by atoms with Gasteiger partial charge in [-0.15, -0.1) is 22.9 Å². The van der Waals surface area contributed by atoms with E-state index in [2.05, 4.69) is 12.3 Å². The lowest BCUT2D eigenvalue weighted by molar-refractivity contribution is 0.314. The summed E-state index contributed by atoms with van der Waals surface area (Å²) in [4.78, 5) is 4.80. The first-order valence-corrected chi connectivity index (χ1v) is 8.25. The van der Waals surface area contributed by atoms with Gasteiger partial charge in [0.2, 0.25) is 0 Å². The molecule has 1 aromatic heterocycles. The molecule has 1 aliphatic carbocycles. The third-order valence-electron chi connectivity index (χ3n) is 3.85. The molecule has 0 aliphatic heterocycles. The van der Waals surface area contributed by atoms with Crippen molar-refractivity contribution in [3.8, 4) is 0 Å². The van der Waals surface area contributed by atoms with Gasteiger partial charge in [0.1, 0.15) is 0 Å². The summed E-state index contributed by atoms with van der Waals surface area (Å²) in [6.07, 6.45) is 8.95. The van der Waals surface area contributed by atoms with Crippen molar-refractivity contribution >= 4 is 22.9 Å². The van der Waals surface area contributed by atoms with Gasteiger partial charge in [-0.25, -0.2) is 4.98 Å². The lowest BCUT2D eigenvalue weighted by Gasteiger charge is -2.26. The quantitative estimate of drug-likeness (QED) is 0.687. The van der Waals surface area contributed by atoms with E-state index in [9.17, 15) is 0 Å². The number of aryl methyl sites for hydroxylation is 1. The van der Waals surface area contributed by atoms with Crippen molar-refractivity contribution in [2.75, 3.05) is 5.88 Å². The molecule has 2 unspecified atom stereocenters. The second-order valence-electron chi connectivity index (χ2n) is 5.11. The number of alkyl halides is 1. The molecule has 0 aromatic carbocycles. The third-order valence-corrected chi connectivity index (χ3v) is 5.17. The number of rotatable bonds is 5. The van der Waals surface area contributed by atoms with Crippen LogP contribution in [0.3, 0.4) is 0 Å². The second kappa shape index (κ2) is 6.75. The van der Waals surface area contributed by atoms with E-state index in [4.69, 9.17) is 16.6 Å². The molecule has 0 radical (unpaired) electrons. The molecule has 1 nitrogen and oxygen atoms in total. The molecule has 96 valence electrons. The maximum Gasteiger partial charge on any atom is 0.0959 e. The lowest BCUT2D eigenvalue weighted by Crippen LogP contribution is -2.13. The first-order chi connectivity index (χ1) is 8.33. The Bertz CT molecular complexity index is 337. The highest BCUT2D eigenvalue weighted by Crippen LogP contribution is 2.38. The van der Waals surface area contributed by atoms with Crippen molar-refractivity contribution in [3.05, 3.63) is 16.1 Å². The Morgan fingerprint density at radius 2 is 2.35 bits per heavy atom. The summed E-state index contributed by atoms with van der Waals surface area (Å²) in [6.45, 7) is 2.32. The zero-order chi connectivity index (χ0) is 12.1. The van der Waals surface area contributed by atoms with Crippen LogP contribution in [0.25, 0.3) is 0 Å². The smallest absolute Gasteiger partial charge is 0.0959 e. The summed E-state index contributed by atoms with van der Waals surface area (Å²) >= 11 is 7.59. The summed E-state index contributed by atoms with van der Waals surface area (Å²) in [7, 11) is 0. The van der Waals surface area contributed by atoms with Crippen molar-refractivity contribution in [2.24, 2.45) is 5.92 Å². The molecule has 17 heavy (non-hydrogen) atoms. The number of hydrogen-bond donors (Lipinski definition) is 0. The Morgan fingerprint density at radius 3 is 3.12 bits per heavy atom. The molecule has 1 heterocycles. The summed E-state index contributed by atoms with van der Waals surface area (Å²) in [5, 5.41) is 3.62. The molecular weight excluding hydrogens is 250 g/mol. The Hall–Kier alpha value is -0.0800. The molecule has 2 atom stereocenters. The highest BCUT2D eigenvalue weighted by molar-refractivity contribution is 7.09. The van der Waals surface area contributed by atoms with Crippen molar-refractivity contribution in [1.82, 2.24) is 4.98 Å². The molecule has 1 aromatic rings. The largest absolute Gasteiger partial charge is 0.246 e. The van der Waals surface area contributed by atoms with Crippen LogP contribution in [0.4, 0.5) is 0 Å². The molecule has 3 heteroatoms. The normalized spacial score (nSPS) is 25.1. The molecule has 0 bridgehead atoms. The van der Waals surface area contributed by atoms with E-state index in [1.165, 1.54) is 42.8 Å². The average Bonchev–Trinajstić information content (AvgIpc) is 2.85. The second-order valence-corrected chi connectivity index (χ2v) is 6.38. The third kappa shape index (κ3) is 3.69. The topological polar surface area (TPSA) is 12.9 Å². The minimum absolute atomic E-state index is 0.739. The molecule has 1 saturated carbocycles. The van der Waals surface area contributed by atoms with E-state index in [0.717, 1.165) is 30.6 Å². The molecule has 2 rings (SSSR count). The standard InChI is InChI=1S/C14H22ClNS/c1-2-11-5-3-6-12(9-11)14-16-13(10-17-14)7-4-8-15/h10-12H,2-9H2,1H3. The van der Waals surface area contributed by atoms with Gasteiger partial charge in [-0.05, 0) is 31.6 Å². The van der Waals surface area contributed by atoms with Gasteiger partial charge in [0.25, 0.3) is 0 Å². The molecule has 0 spiro atoms. The van der Waals surface area contributed by atoms with Gasteiger partial charge in [-0.2, -0.15) is 0 Å². The Kier molecular flexibility index (Phi) is 5.30. The number of hydrogen-bond acceptors (Lipinski definition) is 2. The van der Waals surface area contributed by atoms with Crippen LogP contribution in [0, 0.1) is 5.92 Å². The van der Waals surface area contributed by atoms with Crippen molar-refractivity contribution < 1.29 is 0 Å². The highest BCUT2D eigenvalue weighted by Gasteiger charge is 2.24. The minimum Gasteiger partial charge on any atom is -0.246 e. The number of halogens is 1. The predicted molar refractivity (Wildman–Crippen MR) is 76.1 cm³/mol. The lowest BCUT2D eigenvalue weighted by atomic mass is 9.80. The first-order valence-electron chi connectivity index (χ1n) is 6.83. The highest BCUT2D eigenvalue weighted by atomic mass is 35.5. The minimum atomic E-state index is 0.739. The molecular formula is C14H22ClNS. The Labute approximate surface area is 114 Å². The van der Waals surface area contributed by atoms with Crippen molar-refractivity contribution in [2.45, 2.75) is 57.8 Å². The fourth-order valence-electron chi connectivity index (χ4n) is 2.76. The summed E-state index contributed by atoms with van der Waals surface area (Å²) in [5.41, 5.74) is 1.25. The van der Waals surface area contributed by atoms with Gasteiger partial charge in [0, 0.05) is 17.2 Å². The van der Waals surface area contributed by atoms with Gasteiger partial charge in [0.15, 0.2) is 0 Å². The van der Waals surface area contributed by atoms with Crippen LogP contribution in [-0.4, -0.2) is 10.9 Å². The zero-order valence-corrected chi connectivity index (χ0v) is 12.2. The number of nitrogens with zero attached hydrogens (tertiary/aromatic N) is 1.